The van der Waals surface area contributed by atoms with Gasteiger partial charge < -0.3 is 10.2 Å². The Morgan fingerprint density at radius 3 is 2.30 bits per heavy atom. The minimum absolute atomic E-state index is 0.0141. The minimum atomic E-state index is -0.305. The topological polar surface area (TPSA) is 49.4 Å². The zero-order chi connectivity index (χ0) is 14.3. The molecule has 3 rings (SSSR count). The summed E-state index contributed by atoms with van der Waals surface area (Å²) in [5.74, 6) is 2.67. The maximum absolute atomic E-state index is 12.6. The van der Waals surface area contributed by atoms with Crippen LogP contribution in [0.3, 0.4) is 0 Å². The Morgan fingerprint density at radius 1 is 1.20 bits per heavy atom. The molecule has 112 valence electrons. The van der Waals surface area contributed by atoms with E-state index in [1.165, 1.54) is 25.7 Å². The van der Waals surface area contributed by atoms with Crippen LogP contribution in [0.5, 0.6) is 0 Å². The quantitative estimate of drug-likeness (QED) is 0.805. The Kier molecular flexibility index (Phi) is 3.74. The normalized spacial score (nSPS) is 28.8. The fraction of sp³-hybridized carbons (Fsp3) is 0.875. The summed E-state index contributed by atoms with van der Waals surface area (Å²) in [6.07, 6.45) is 6.21. The Labute approximate surface area is 121 Å². The molecule has 1 aliphatic heterocycles. The number of carbonyl (C=O) groups is 2. The van der Waals surface area contributed by atoms with Gasteiger partial charge in [0.15, 0.2) is 0 Å². The minimum Gasteiger partial charge on any atom is -0.342 e. The van der Waals surface area contributed by atoms with Crippen molar-refractivity contribution < 1.29 is 9.59 Å². The summed E-state index contributed by atoms with van der Waals surface area (Å²) in [4.78, 5) is 26.3. The van der Waals surface area contributed by atoms with Gasteiger partial charge in [-0.05, 0) is 49.4 Å². The lowest BCUT2D eigenvalue weighted by Crippen LogP contribution is -2.60. The second-order valence-corrected chi connectivity index (χ2v) is 6.99. The molecule has 3 fully saturated rings. The average Bonchev–Trinajstić information content (AvgIpc) is 3.29. The predicted octanol–water partition coefficient (Wildman–Crippen LogP) is 1.80. The first-order chi connectivity index (χ1) is 9.60. The average molecular weight is 278 g/mol. The molecule has 0 aromatic rings. The Hall–Kier alpha value is -1.06. The van der Waals surface area contributed by atoms with Gasteiger partial charge in [0.2, 0.25) is 11.8 Å². The Morgan fingerprint density at radius 2 is 1.80 bits per heavy atom. The molecular weight excluding hydrogens is 252 g/mol. The van der Waals surface area contributed by atoms with E-state index in [-0.39, 0.29) is 30.3 Å². The third-order valence-corrected chi connectivity index (χ3v) is 5.33. The van der Waals surface area contributed by atoms with Crippen molar-refractivity contribution in [3.8, 4) is 0 Å². The second kappa shape index (κ2) is 5.38. The highest BCUT2D eigenvalue weighted by molar-refractivity contribution is 5.95. The first-order valence-electron chi connectivity index (χ1n) is 8.18. The van der Waals surface area contributed by atoms with E-state index < -0.39 is 0 Å². The summed E-state index contributed by atoms with van der Waals surface area (Å²) in [6.45, 7) is 5.20. The van der Waals surface area contributed by atoms with Gasteiger partial charge in [-0.2, -0.15) is 0 Å². The highest BCUT2D eigenvalue weighted by Crippen LogP contribution is 2.49. The van der Waals surface area contributed by atoms with Crippen molar-refractivity contribution in [2.24, 2.45) is 23.7 Å². The Balaban J connectivity index is 1.67. The van der Waals surface area contributed by atoms with Crippen LogP contribution in [0.15, 0.2) is 0 Å². The fourth-order valence-electron chi connectivity index (χ4n) is 3.49. The molecular formula is C16H26N2O2. The van der Waals surface area contributed by atoms with Crippen LogP contribution in [0.1, 0.15) is 46.0 Å². The van der Waals surface area contributed by atoms with Gasteiger partial charge in [-0.15, -0.1) is 0 Å². The predicted molar refractivity (Wildman–Crippen MR) is 76.9 cm³/mol. The van der Waals surface area contributed by atoms with E-state index in [4.69, 9.17) is 0 Å². The number of nitrogens with zero attached hydrogens (tertiary/aromatic N) is 1. The van der Waals surface area contributed by atoms with Crippen LogP contribution in [0, 0.1) is 23.7 Å². The first kappa shape index (κ1) is 13.9. The molecule has 1 saturated heterocycles. The van der Waals surface area contributed by atoms with Crippen LogP contribution >= 0.6 is 0 Å². The van der Waals surface area contributed by atoms with Crippen molar-refractivity contribution in [3.63, 3.8) is 0 Å². The van der Waals surface area contributed by atoms with Gasteiger partial charge in [-0.3, -0.25) is 9.59 Å². The van der Waals surface area contributed by atoms with Crippen molar-refractivity contribution in [1.82, 2.24) is 10.2 Å². The lowest BCUT2D eigenvalue weighted by atomic mass is 9.93. The van der Waals surface area contributed by atoms with E-state index in [0.29, 0.717) is 5.92 Å². The number of amides is 2. The van der Waals surface area contributed by atoms with Crippen LogP contribution in [-0.2, 0) is 9.59 Å². The molecule has 2 unspecified atom stereocenters. The first-order valence-corrected chi connectivity index (χ1v) is 8.18. The number of hydrogen-bond donors (Lipinski definition) is 1. The molecule has 1 N–H and O–H groups in total. The van der Waals surface area contributed by atoms with Gasteiger partial charge in [0, 0.05) is 6.54 Å². The SMILES string of the molecule is CCC(C)C1NC(=O)CN(CC(C2CC2)C2CC2)C1=O. The number of nitrogens with one attached hydrogen (secondary N) is 1. The van der Waals surface area contributed by atoms with Crippen LogP contribution in [0.2, 0.25) is 0 Å². The molecule has 2 atom stereocenters. The van der Waals surface area contributed by atoms with Crippen molar-refractivity contribution in [2.75, 3.05) is 13.1 Å². The van der Waals surface area contributed by atoms with E-state index in [1.807, 2.05) is 11.8 Å². The summed E-state index contributed by atoms with van der Waals surface area (Å²) in [5.41, 5.74) is 0. The maximum Gasteiger partial charge on any atom is 0.245 e. The summed E-state index contributed by atoms with van der Waals surface area (Å²) >= 11 is 0. The monoisotopic (exact) mass is 278 g/mol. The standard InChI is InChI=1S/C16H26N2O2/c1-3-10(2)15-16(20)18(9-14(19)17-15)8-13(11-4-5-11)12-6-7-12/h10-13,15H,3-9H2,1-2H3,(H,17,19). The molecule has 2 amide bonds. The van der Waals surface area contributed by atoms with Crippen molar-refractivity contribution in [3.05, 3.63) is 0 Å². The number of hydrogen-bond acceptors (Lipinski definition) is 2. The second-order valence-electron chi connectivity index (χ2n) is 6.99. The highest BCUT2D eigenvalue weighted by atomic mass is 16.2. The summed E-state index contributed by atoms with van der Waals surface area (Å²) in [5, 5.41) is 2.88. The zero-order valence-corrected chi connectivity index (χ0v) is 12.6. The smallest absolute Gasteiger partial charge is 0.245 e. The largest absolute Gasteiger partial charge is 0.342 e. The van der Waals surface area contributed by atoms with E-state index >= 15 is 0 Å². The van der Waals surface area contributed by atoms with Crippen LogP contribution in [0.4, 0.5) is 0 Å². The van der Waals surface area contributed by atoms with E-state index in [1.54, 1.807) is 0 Å². The van der Waals surface area contributed by atoms with Gasteiger partial charge in [-0.1, -0.05) is 20.3 Å². The third-order valence-electron chi connectivity index (χ3n) is 5.33. The summed E-state index contributed by atoms with van der Waals surface area (Å²) in [7, 11) is 0. The summed E-state index contributed by atoms with van der Waals surface area (Å²) in [6, 6.07) is -0.305. The molecule has 0 radical (unpaired) electrons. The van der Waals surface area contributed by atoms with Crippen LogP contribution < -0.4 is 5.32 Å². The summed E-state index contributed by atoms with van der Waals surface area (Å²) < 4.78 is 0. The molecule has 0 spiro atoms. The number of rotatable bonds is 6. The third kappa shape index (κ3) is 2.84. The van der Waals surface area contributed by atoms with Crippen LogP contribution in [0.25, 0.3) is 0 Å². The van der Waals surface area contributed by atoms with Crippen molar-refractivity contribution in [2.45, 2.75) is 52.0 Å². The molecule has 3 aliphatic rings. The molecule has 0 aromatic carbocycles. The molecule has 20 heavy (non-hydrogen) atoms. The number of carbonyl (C=O) groups excluding carboxylic acids is 2. The molecule has 4 nitrogen and oxygen atoms in total. The lowest BCUT2D eigenvalue weighted by molar-refractivity contribution is -0.146. The molecule has 4 heteroatoms. The van der Waals surface area contributed by atoms with E-state index in [0.717, 1.165) is 24.8 Å². The molecule has 0 bridgehead atoms. The van der Waals surface area contributed by atoms with Crippen molar-refractivity contribution in [1.29, 1.82) is 0 Å². The Bertz CT molecular complexity index is 389. The highest BCUT2D eigenvalue weighted by Gasteiger charge is 2.44. The molecule has 2 aliphatic carbocycles. The zero-order valence-electron chi connectivity index (χ0n) is 12.6. The molecule has 2 saturated carbocycles. The van der Waals surface area contributed by atoms with Gasteiger partial charge in [0.05, 0.1) is 6.54 Å². The van der Waals surface area contributed by atoms with Gasteiger partial charge in [-0.25, -0.2) is 0 Å². The molecule has 1 heterocycles. The van der Waals surface area contributed by atoms with E-state index in [9.17, 15) is 9.59 Å². The molecule has 0 aromatic heterocycles. The number of piperazine rings is 1. The van der Waals surface area contributed by atoms with Crippen LogP contribution in [-0.4, -0.2) is 35.8 Å². The van der Waals surface area contributed by atoms with Gasteiger partial charge in [0.25, 0.3) is 0 Å². The van der Waals surface area contributed by atoms with Gasteiger partial charge >= 0.3 is 0 Å². The lowest BCUT2D eigenvalue weighted by Gasteiger charge is -2.37. The van der Waals surface area contributed by atoms with E-state index in [2.05, 4.69) is 12.2 Å². The maximum atomic E-state index is 12.6. The fourth-order valence-corrected chi connectivity index (χ4v) is 3.49. The van der Waals surface area contributed by atoms with Crippen molar-refractivity contribution >= 4 is 11.8 Å². The van der Waals surface area contributed by atoms with Gasteiger partial charge in [0.1, 0.15) is 6.04 Å².